The van der Waals surface area contributed by atoms with E-state index < -0.39 is 0 Å². The van der Waals surface area contributed by atoms with E-state index in [4.69, 9.17) is 4.74 Å². The third-order valence-electron chi connectivity index (χ3n) is 5.42. The van der Waals surface area contributed by atoms with Gasteiger partial charge in [-0.2, -0.15) is 0 Å². The van der Waals surface area contributed by atoms with Crippen LogP contribution < -0.4 is 17.1 Å². The first-order chi connectivity index (χ1) is 13.7. The van der Waals surface area contributed by atoms with Crippen LogP contribution in [0.5, 0.6) is 5.75 Å². The molecule has 0 aliphatic heterocycles. The molecule has 1 aromatic heterocycles. The maximum Gasteiger partial charge on any atom is 0.187 e. The predicted octanol–water partition coefficient (Wildman–Crippen LogP) is 5.31. The second-order valence-corrected chi connectivity index (χ2v) is 9.56. The molecular formula is C26H29ClOS. The number of aryl methyl sites for hydroxylation is 2. The Morgan fingerprint density at radius 1 is 0.759 bits per heavy atom. The Morgan fingerprint density at radius 3 is 1.86 bits per heavy atom. The SMILES string of the molecule is CCCCCCOc1c(C)cc(-[s+]2c3ccccc3c3ccccc32)cc1C.[Cl-]. The maximum atomic E-state index is 6.17. The van der Waals surface area contributed by atoms with E-state index in [1.807, 2.05) is 0 Å². The van der Waals surface area contributed by atoms with Gasteiger partial charge in [-0.05, 0) is 55.7 Å². The number of hydrogen-bond acceptors (Lipinski definition) is 1. The number of thiophene rings is 1. The van der Waals surface area contributed by atoms with Crippen LogP contribution >= 0.6 is 10.5 Å². The average molecular weight is 425 g/mol. The second kappa shape index (κ2) is 9.65. The second-order valence-electron chi connectivity index (χ2n) is 7.59. The molecule has 0 unspecified atom stereocenters. The molecule has 0 saturated heterocycles. The highest BCUT2D eigenvalue weighted by Crippen LogP contribution is 2.49. The highest BCUT2D eigenvalue weighted by Gasteiger charge is 2.24. The van der Waals surface area contributed by atoms with Gasteiger partial charge in [-0.15, -0.1) is 0 Å². The molecule has 1 nitrogen and oxygen atoms in total. The van der Waals surface area contributed by atoms with E-state index >= 15 is 0 Å². The summed E-state index contributed by atoms with van der Waals surface area (Å²) < 4.78 is 9.05. The minimum atomic E-state index is -0.0350. The summed E-state index contributed by atoms with van der Waals surface area (Å²) in [5.41, 5.74) is 2.50. The molecule has 0 fully saturated rings. The van der Waals surface area contributed by atoms with Crippen molar-refractivity contribution in [2.24, 2.45) is 0 Å². The third-order valence-corrected chi connectivity index (χ3v) is 7.72. The molecule has 0 spiro atoms. The van der Waals surface area contributed by atoms with E-state index in [-0.39, 0.29) is 22.9 Å². The molecule has 0 amide bonds. The quantitative estimate of drug-likeness (QED) is 0.288. The number of ether oxygens (including phenoxy) is 1. The van der Waals surface area contributed by atoms with Crippen LogP contribution in [0.25, 0.3) is 25.1 Å². The highest BCUT2D eigenvalue weighted by atomic mass is 35.5. The van der Waals surface area contributed by atoms with Crippen molar-refractivity contribution >= 4 is 30.6 Å². The lowest BCUT2D eigenvalue weighted by Crippen LogP contribution is -3.00. The van der Waals surface area contributed by atoms with Crippen molar-refractivity contribution in [2.45, 2.75) is 46.5 Å². The van der Waals surface area contributed by atoms with Crippen LogP contribution in [0.3, 0.4) is 0 Å². The van der Waals surface area contributed by atoms with Crippen LogP contribution in [0, 0.1) is 13.8 Å². The summed E-state index contributed by atoms with van der Waals surface area (Å²) in [7, 11) is -0.0350. The minimum absolute atomic E-state index is 0. The van der Waals surface area contributed by atoms with Crippen LogP contribution in [0.1, 0.15) is 43.7 Å². The number of rotatable bonds is 7. The number of benzene rings is 3. The van der Waals surface area contributed by atoms with Gasteiger partial charge in [0.2, 0.25) is 0 Å². The van der Waals surface area contributed by atoms with Gasteiger partial charge in [-0.1, -0.05) is 50.5 Å². The monoisotopic (exact) mass is 424 g/mol. The first kappa shape index (κ1) is 21.7. The molecule has 3 aromatic carbocycles. The number of halogens is 1. The van der Waals surface area contributed by atoms with Gasteiger partial charge in [-0.25, -0.2) is 0 Å². The molecular weight excluding hydrogens is 396 g/mol. The Bertz CT molecular complexity index is 1040. The van der Waals surface area contributed by atoms with E-state index in [9.17, 15) is 0 Å². The first-order valence-electron chi connectivity index (χ1n) is 10.4. The van der Waals surface area contributed by atoms with Crippen molar-refractivity contribution in [3.8, 4) is 10.6 Å². The topological polar surface area (TPSA) is 9.23 Å². The van der Waals surface area contributed by atoms with Crippen molar-refractivity contribution in [1.82, 2.24) is 0 Å². The molecule has 0 radical (unpaired) electrons. The summed E-state index contributed by atoms with van der Waals surface area (Å²) in [4.78, 5) is 1.39. The first-order valence-corrected chi connectivity index (χ1v) is 11.6. The Morgan fingerprint density at radius 2 is 1.31 bits per heavy atom. The Balaban J connectivity index is 0.00000240. The molecule has 3 heteroatoms. The lowest BCUT2D eigenvalue weighted by atomic mass is 10.1. The smallest absolute Gasteiger partial charge is 0.187 e. The van der Waals surface area contributed by atoms with Gasteiger partial charge in [-0.3, -0.25) is 0 Å². The average Bonchev–Trinajstić information content (AvgIpc) is 3.04. The number of hydrogen-bond donors (Lipinski definition) is 0. The molecule has 4 aromatic rings. The summed E-state index contributed by atoms with van der Waals surface area (Å²) in [5, 5.41) is 2.76. The lowest BCUT2D eigenvalue weighted by Gasteiger charge is -2.12. The predicted molar refractivity (Wildman–Crippen MR) is 124 cm³/mol. The van der Waals surface area contributed by atoms with Crippen molar-refractivity contribution in [1.29, 1.82) is 0 Å². The van der Waals surface area contributed by atoms with Crippen LogP contribution in [0.15, 0.2) is 60.7 Å². The minimum Gasteiger partial charge on any atom is -1.00 e. The van der Waals surface area contributed by atoms with Crippen LogP contribution in [-0.2, 0) is 0 Å². The molecule has 0 atom stereocenters. The number of unbranched alkanes of at least 4 members (excludes halogenated alkanes) is 3. The van der Waals surface area contributed by atoms with Crippen LogP contribution in [-0.4, -0.2) is 6.61 Å². The highest BCUT2D eigenvalue weighted by molar-refractivity contribution is 7.50. The van der Waals surface area contributed by atoms with Crippen molar-refractivity contribution in [2.75, 3.05) is 6.61 Å². The van der Waals surface area contributed by atoms with Crippen molar-refractivity contribution in [3.63, 3.8) is 0 Å². The van der Waals surface area contributed by atoms with Gasteiger partial charge < -0.3 is 17.1 Å². The fraction of sp³-hybridized carbons (Fsp3) is 0.308. The standard InChI is InChI=1S/C26H29OS.ClH/c1-4-5-6-11-16-27-26-19(2)17-21(18-20(26)3)28-24-14-9-7-12-22(24)23-13-8-10-15-25(23)28;/h7-10,12-15,17-18H,4-6,11,16H2,1-3H3;1H/q+1;/p-1. The normalized spacial score (nSPS) is 11.0. The van der Waals surface area contributed by atoms with Gasteiger partial charge >= 0.3 is 0 Å². The van der Waals surface area contributed by atoms with E-state index in [1.165, 1.54) is 55.5 Å². The Kier molecular flexibility index (Phi) is 7.21. The molecule has 0 aliphatic carbocycles. The molecule has 29 heavy (non-hydrogen) atoms. The van der Waals surface area contributed by atoms with Gasteiger partial charge in [0.25, 0.3) is 0 Å². The Labute approximate surface area is 183 Å². The fourth-order valence-corrected chi connectivity index (χ4v) is 6.63. The summed E-state index contributed by atoms with van der Waals surface area (Å²) in [6, 6.07) is 22.4. The zero-order valence-electron chi connectivity index (χ0n) is 17.5. The van der Waals surface area contributed by atoms with Crippen LogP contribution in [0.2, 0.25) is 0 Å². The summed E-state index contributed by atoms with van der Waals surface area (Å²) >= 11 is 0. The number of fused-ring (bicyclic) bond motifs is 3. The zero-order valence-corrected chi connectivity index (χ0v) is 19.1. The summed E-state index contributed by atoms with van der Waals surface area (Å²) in [6.45, 7) is 7.44. The summed E-state index contributed by atoms with van der Waals surface area (Å²) in [6.07, 6.45) is 4.95. The van der Waals surface area contributed by atoms with E-state index in [1.54, 1.807) is 0 Å². The largest absolute Gasteiger partial charge is 1.00 e. The van der Waals surface area contributed by atoms with E-state index in [0.29, 0.717) is 0 Å². The van der Waals surface area contributed by atoms with Crippen molar-refractivity contribution < 1.29 is 17.1 Å². The molecule has 0 aliphatic rings. The van der Waals surface area contributed by atoms with Gasteiger partial charge in [0.1, 0.15) is 5.75 Å². The molecule has 4 rings (SSSR count). The van der Waals surface area contributed by atoms with E-state index in [2.05, 4.69) is 81.4 Å². The maximum absolute atomic E-state index is 6.17. The van der Waals surface area contributed by atoms with Gasteiger partial charge in [0.15, 0.2) is 14.3 Å². The zero-order chi connectivity index (χ0) is 19.5. The summed E-state index contributed by atoms with van der Waals surface area (Å²) in [5.74, 6) is 1.07. The van der Waals surface area contributed by atoms with E-state index in [0.717, 1.165) is 18.8 Å². The third kappa shape index (κ3) is 4.29. The van der Waals surface area contributed by atoms with Crippen molar-refractivity contribution in [3.05, 3.63) is 71.8 Å². The lowest BCUT2D eigenvalue weighted by molar-refractivity contribution is -0.00000599. The molecule has 0 bridgehead atoms. The molecule has 152 valence electrons. The molecule has 0 saturated carbocycles. The Hall–Kier alpha value is -2.03. The molecule has 0 N–H and O–H groups in total. The fourth-order valence-electron chi connectivity index (χ4n) is 4.07. The van der Waals surface area contributed by atoms with Crippen LogP contribution in [0.4, 0.5) is 0 Å². The van der Waals surface area contributed by atoms with Gasteiger partial charge in [0, 0.05) is 33.4 Å². The van der Waals surface area contributed by atoms with Gasteiger partial charge in [0.05, 0.1) is 6.61 Å². The molecule has 1 heterocycles.